The zero-order chi connectivity index (χ0) is 23.4. The van der Waals surface area contributed by atoms with Crippen molar-refractivity contribution in [1.29, 1.82) is 0 Å². The number of hydrogen-bond donors (Lipinski definition) is 1. The number of methoxy groups -OCH3 is 1. The van der Waals surface area contributed by atoms with Gasteiger partial charge < -0.3 is 14.8 Å². The maximum absolute atomic E-state index is 13.2. The molecule has 1 aromatic carbocycles. The van der Waals surface area contributed by atoms with Crippen molar-refractivity contribution in [2.45, 2.75) is 26.8 Å². The van der Waals surface area contributed by atoms with Gasteiger partial charge in [-0.1, -0.05) is 19.1 Å². The van der Waals surface area contributed by atoms with E-state index < -0.39 is 29.7 Å². The highest BCUT2D eigenvalue weighted by Crippen LogP contribution is 2.25. The number of nitrogens with zero attached hydrogens (tertiary/aromatic N) is 3. The zero-order valence-corrected chi connectivity index (χ0v) is 18.3. The Morgan fingerprint density at radius 1 is 1.16 bits per heavy atom. The van der Waals surface area contributed by atoms with Crippen LogP contribution in [0.3, 0.4) is 0 Å². The Morgan fingerprint density at radius 3 is 2.53 bits per heavy atom. The van der Waals surface area contributed by atoms with Gasteiger partial charge in [0.15, 0.2) is 5.65 Å². The number of carbonyl (C=O) groups is 2. The van der Waals surface area contributed by atoms with Crippen LogP contribution in [0.15, 0.2) is 40.1 Å². The van der Waals surface area contributed by atoms with E-state index in [-0.39, 0.29) is 28.9 Å². The summed E-state index contributed by atoms with van der Waals surface area (Å²) in [5.41, 5.74) is -0.130. The van der Waals surface area contributed by atoms with Crippen LogP contribution in [0.4, 0.5) is 5.69 Å². The number of ether oxygens (including phenoxy) is 2. The third kappa shape index (κ3) is 4.11. The molecule has 2 aromatic heterocycles. The van der Waals surface area contributed by atoms with Gasteiger partial charge in [-0.2, -0.15) is 0 Å². The molecule has 2 heterocycles. The summed E-state index contributed by atoms with van der Waals surface area (Å²) in [5, 5.41) is 2.70. The number of para-hydroxylation sites is 1. The lowest BCUT2D eigenvalue weighted by Crippen LogP contribution is -2.42. The van der Waals surface area contributed by atoms with E-state index in [9.17, 15) is 19.2 Å². The van der Waals surface area contributed by atoms with E-state index in [4.69, 9.17) is 9.47 Å². The minimum atomic E-state index is -0.699. The van der Waals surface area contributed by atoms with Crippen molar-refractivity contribution in [3.8, 4) is 5.75 Å². The van der Waals surface area contributed by atoms with Crippen molar-refractivity contribution >= 4 is 28.6 Å². The predicted molar refractivity (Wildman–Crippen MR) is 118 cm³/mol. The third-order valence-corrected chi connectivity index (χ3v) is 4.96. The van der Waals surface area contributed by atoms with Crippen LogP contribution in [0.25, 0.3) is 11.0 Å². The van der Waals surface area contributed by atoms with E-state index in [1.807, 2.05) is 6.92 Å². The second-order valence-corrected chi connectivity index (χ2v) is 6.92. The van der Waals surface area contributed by atoms with Gasteiger partial charge in [-0.3, -0.25) is 14.2 Å². The summed E-state index contributed by atoms with van der Waals surface area (Å²) >= 11 is 0. The number of amides is 1. The molecule has 0 radical (unpaired) electrons. The molecule has 0 aliphatic heterocycles. The Morgan fingerprint density at radius 2 is 1.88 bits per heavy atom. The fourth-order valence-corrected chi connectivity index (χ4v) is 3.40. The largest absolute Gasteiger partial charge is 0.495 e. The standard InChI is InChI=1S/C22H24N4O6/c1-5-13-11-23-19-17(18(13)31-4)20(28)26(22(30)25(19)3)12-16(27)24-15-10-8-7-9-14(15)21(29)32-6-2/h7-11H,5-6,12H2,1-4H3,(H,24,27). The summed E-state index contributed by atoms with van der Waals surface area (Å²) in [4.78, 5) is 55.1. The van der Waals surface area contributed by atoms with Crippen LogP contribution in [0, 0.1) is 0 Å². The molecule has 0 saturated carbocycles. The van der Waals surface area contributed by atoms with Crippen molar-refractivity contribution in [2.75, 3.05) is 19.0 Å². The average Bonchev–Trinajstić information content (AvgIpc) is 2.79. The number of nitrogens with one attached hydrogen (secondary N) is 1. The van der Waals surface area contributed by atoms with Gasteiger partial charge in [-0.05, 0) is 25.5 Å². The average molecular weight is 440 g/mol. The summed E-state index contributed by atoms with van der Waals surface area (Å²) < 4.78 is 12.4. The summed E-state index contributed by atoms with van der Waals surface area (Å²) in [7, 11) is 2.90. The normalized spacial score (nSPS) is 10.8. The number of anilines is 1. The third-order valence-electron chi connectivity index (χ3n) is 4.96. The summed E-state index contributed by atoms with van der Waals surface area (Å²) in [6.45, 7) is 3.19. The lowest BCUT2D eigenvalue weighted by molar-refractivity contribution is -0.116. The van der Waals surface area contributed by atoms with Crippen LogP contribution in [-0.2, 0) is 29.5 Å². The Labute approximate surface area is 183 Å². The molecule has 1 amide bonds. The molecule has 0 spiro atoms. The molecule has 3 rings (SSSR count). The van der Waals surface area contributed by atoms with Gasteiger partial charge in [0.25, 0.3) is 5.56 Å². The monoisotopic (exact) mass is 440 g/mol. The lowest BCUT2D eigenvalue weighted by atomic mass is 10.1. The SMILES string of the molecule is CCOC(=O)c1ccccc1NC(=O)Cn1c(=O)c2c(OC)c(CC)cnc2n(C)c1=O. The maximum atomic E-state index is 13.2. The van der Waals surface area contributed by atoms with Gasteiger partial charge in [0.1, 0.15) is 17.7 Å². The highest BCUT2D eigenvalue weighted by Gasteiger charge is 2.21. The first-order valence-electron chi connectivity index (χ1n) is 10.0. The molecule has 32 heavy (non-hydrogen) atoms. The minimum absolute atomic E-state index is 0.119. The van der Waals surface area contributed by atoms with Gasteiger partial charge in [-0.15, -0.1) is 0 Å². The van der Waals surface area contributed by atoms with Crippen LogP contribution in [0.1, 0.15) is 29.8 Å². The van der Waals surface area contributed by atoms with Gasteiger partial charge in [0, 0.05) is 18.8 Å². The molecule has 0 aliphatic rings. The molecule has 0 aliphatic carbocycles. The van der Waals surface area contributed by atoms with E-state index in [2.05, 4.69) is 10.3 Å². The fourth-order valence-electron chi connectivity index (χ4n) is 3.40. The summed E-state index contributed by atoms with van der Waals surface area (Å²) in [5.74, 6) is -0.927. The molecule has 10 nitrogen and oxygen atoms in total. The smallest absolute Gasteiger partial charge is 0.340 e. The van der Waals surface area contributed by atoms with Crippen LogP contribution in [0.2, 0.25) is 0 Å². The fraction of sp³-hybridized carbons (Fsp3) is 0.318. The first kappa shape index (κ1) is 22.7. The number of benzene rings is 1. The van der Waals surface area contributed by atoms with Crippen molar-refractivity contribution in [3.63, 3.8) is 0 Å². The molecule has 168 valence electrons. The Kier molecular flexibility index (Phi) is 6.72. The minimum Gasteiger partial charge on any atom is -0.495 e. The quantitative estimate of drug-likeness (QED) is 0.552. The molecule has 0 unspecified atom stereocenters. The van der Waals surface area contributed by atoms with E-state index >= 15 is 0 Å². The van der Waals surface area contributed by atoms with Gasteiger partial charge in [0.05, 0.1) is 25.0 Å². The predicted octanol–water partition coefficient (Wildman–Crippen LogP) is 1.48. The molecule has 0 atom stereocenters. The number of aromatic nitrogens is 3. The Bertz CT molecular complexity index is 1310. The van der Waals surface area contributed by atoms with Crippen LogP contribution >= 0.6 is 0 Å². The molecule has 0 saturated heterocycles. The maximum Gasteiger partial charge on any atom is 0.340 e. The molecule has 0 bridgehead atoms. The Hall–Kier alpha value is -3.95. The first-order chi connectivity index (χ1) is 15.3. The van der Waals surface area contributed by atoms with Gasteiger partial charge >= 0.3 is 11.7 Å². The molecule has 1 N–H and O–H groups in total. The molecular weight excluding hydrogens is 416 g/mol. The number of hydrogen-bond acceptors (Lipinski definition) is 7. The van der Waals surface area contributed by atoms with Crippen LogP contribution in [-0.4, -0.2) is 39.7 Å². The second kappa shape index (κ2) is 9.46. The number of esters is 1. The van der Waals surface area contributed by atoms with Crippen LogP contribution in [0.5, 0.6) is 5.75 Å². The van der Waals surface area contributed by atoms with E-state index in [0.717, 1.165) is 4.57 Å². The van der Waals surface area contributed by atoms with Gasteiger partial charge in [-0.25, -0.2) is 19.1 Å². The molecule has 10 heteroatoms. The lowest BCUT2D eigenvalue weighted by Gasteiger charge is -2.15. The summed E-state index contributed by atoms with van der Waals surface area (Å²) in [6.07, 6.45) is 2.13. The summed E-state index contributed by atoms with van der Waals surface area (Å²) in [6, 6.07) is 6.32. The number of fused-ring (bicyclic) bond motifs is 1. The second-order valence-electron chi connectivity index (χ2n) is 6.92. The number of rotatable bonds is 7. The topological polar surface area (TPSA) is 122 Å². The van der Waals surface area contributed by atoms with Crippen LogP contribution < -0.4 is 21.3 Å². The Balaban J connectivity index is 2.03. The van der Waals surface area contributed by atoms with E-state index in [1.54, 1.807) is 25.3 Å². The molecule has 3 aromatic rings. The van der Waals surface area contributed by atoms with Crippen molar-refractivity contribution in [2.24, 2.45) is 7.05 Å². The molecular formula is C22H24N4O6. The van der Waals surface area contributed by atoms with E-state index in [0.29, 0.717) is 17.7 Å². The van der Waals surface area contributed by atoms with Crippen molar-refractivity contribution < 1.29 is 19.1 Å². The van der Waals surface area contributed by atoms with Crippen molar-refractivity contribution in [3.05, 3.63) is 62.4 Å². The molecule has 0 fully saturated rings. The highest BCUT2D eigenvalue weighted by molar-refractivity contribution is 6.01. The highest BCUT2D eigenvalue weighted by atomic mass is 16.5. The van der Waals surface area contributed by atoms with E-state index in [1.165, 1.54) is 30.9 Å². The van der Waals surface area contributed by atoms with Crippen molar-refractivity contribution in [1.82, 2.24) is 14.1 Å². The van der Waals surface area contributed by atoms with Gasteiger partial charge in [0.2, 0.25) is 5.91 Å². The first-order valence-corrected chi connectivity index (χ1v) is 10.0. The number of carbonyl (C=O) groups excluding carboxylic acids is 2. The number of aryl methyl sites for hydroxylation is 2. The zero-order valence-electron chi connectivity index (χ0n) is 18.3. The number of pyridine rings is 1.